The predicted octanol–water partition coefficient (Wildman–Crippen LogP) is 1.86. The molecule has 0 aliphatic carbocycles. The molecular weight excluding hydrogens is 224 g/mol. The molecule has 1 saturated heterocycles. The Morgan fingerprint density at radius 1 is 1.33 bits per heavy atom. The van der Waals surface area contributed by atoms with Gasteiger partial charge in [0.05, 0.1) is 5.69 Å². The summed E-state index contributed by atoms with van der Waals surface area (Å²) in [6.07, 6.45) is 0.998. The zero-order valence-electron chi connectivity index (χ0n) is 11.9. The van der Waals surface area contributed by atoms with Gasteiger partial charge in [0.1, 0.15) is 0 Å². The molecule has 0 amide bonds. The van der Waals surface area contributed by atoms with Crippen molar-refractivity contribution in [3.63, 3.8) is 0 Å². The van der Waals surface area contributed by atoms with Gasteiger partial charge in [0.2, 0.25) is 0 Å². The summed E-state index contributed by atoms with van der Waals surface area (Å²) < 4.78 is 0. The molecule has 0 saturated carbocycles. The van der Waals surface area contributed by atoms with Gasteiger partial charge in [0, 0.05) is 25.2 Å². The number of nitrogens with one attached hydrogen (secondary N) is 1. The van der Waals surface area contributed by atoms with Crippen molar-refractivity contribution in [2.24, 2.45) is 5.92 Å². The molecular formula is C14H24N4. The molecule has 100 valence electrons. The van der Waals surface area contributed by atoms with Gasteiger partial charge in [-0.25, -0.2) is 0 Å². The van der Waals surface area contributed by atoms with E-state index in [1.165, 1.54) is 0 Å². The third-order valence-corrected chi connectivity index (χ3v) is 3.40. The molecule has 0 bridgehead atoms. The summed E-state index contributed by atoms with van der Waals surface area (Å²) in [6, 6.07) is 4.22. The smallest absolute Gasteiger partial charge is 0.151 e. The summed E-state index contributed by atoms with van der Waals surface area (Å²) >= 11 is 0. The van der Waals surface area contributed by atoms with E-state index in [9.17, 15) is 0 Å². The molecule has 1 aromatic heterocycles. The largest absolute Gasteiger partial charge is 0.347 e. The van der Waals surface area contributed by atoms with E-state index >= 15 is 0 Å². The first kappa shape index (κ1) is 13.3. The van der Waals surface area contributed by atoms with Gasteiger partial charge < -0.3 is 10.2 Å². The number of hydrogen-bond acceptors (Lipinski definition) is 4. The van der Waals surface area contributed by atoms with Crippen molar-refractivity contribution in [3.8, 4) is 0 Å². The Hall–Kier alpha value is -1.16. The van der Waals surface area contributed by atoms with Gasteiger partial charge in [-0.3, -0.25) is 0 Å². The van der Waals surface area contributed by atoms with Crippen molar-refractivity contribution in [2.75, 3.05) is 24.5 Å². The number of aromatic nitrogens is 2. The normalized spacial score (nSPS) is 19.3. The molecule has 0 aromatic carbocycles. The molecule has 1 aliphatic heterocycles. The first-order valence-electron chi connectivity index (χ1n) is 6.80. The molecule has 4 heteroatoms. The highest BCUT2D eigenvalue weighted by atomic mass is 15.3. The van der Waals surface area contributed by atoms with Gasteiger partial charge in [-0.1, -0.05) is 13.8 Å². The number of rotatable bonds is 3. The Kier molecular flexibility index (Phi) is 3.85. The van der Waals surface area contributed by atoms with E-state index in [4.69, 9.17) is 0 Å². The molecule has 2 rings (SSSR count). The van der Waals surface area contributed by atoms with Crippen molar-refractivity contribution >= 4 is 5.82 Å². The Bertz CT molecular complexity index is 383. The van der Waals surface area contributed by atoms with Crippen LogP contribution < -0.4 is 10.2 Å². The van der Waals surface area contributed by atoms with Crippen LogP contribution in [0.25, 0.3) is 0 Å². The fourth-order valence-corrected chi connectivity index (χ4v) is 2.43. The SMILES string of the molecule is CC(C)Cc1ccc(N2CCNCC2(C)C)nn1. The van der Waals surface area contributed by atoms with Gasteiger partial charge in [-0.05, 0) is 38.3 Å². The van der Waals surface area contributed by atoms with Crippen LogP contribution in [-0.4, -0.2) is 35.4 Å². The lowest BCUT2D eigenvalue weighted by atomic mass is 10.0. The zero-order chi connectivity index (χ0) is 13.2. The van der Waals surface area contributed by atoms with Crippen LogP contribution in [0.5, 0.6) is 0 Å². The number of anilines is 1. The van der Waals surface area contributed by atoms with Gasteiger partial charge in [0.15, 0.2) is 5.82 Å². The zero-order valence-corrected chi connectivity index (χ0v) is 11.9. The molecule has 1 aliphatic rings. The van der Waals surface area contributed by atoms with Crippen LogP contribution in [0.2, 0.25) is 0 Å². The molecule has 0 unspecified atom stereocenters. The maximum atomic E-state index is 4.40. The minimum absolute atomic E-state index is 0.104. The standard InChI is InChI=1S/C14H24N4/c1-11(2)9-12-5-6-13(17-16-12)18-8-7-15-10-14(18,3)4/h5-6,11,15H,7-10H2,1-4H3. The maximum Gasteiger partial charge on any atom is 0.151 e. The molecule has 1 aromatic rings. The van der Waals surface area contributed by atoms with E-state index in [-0.39, 0.29) is 5.54 Å². The lowest BCUT2D eigenvalue weighted by Gasteiger charge is -2.43. The molecule has 2 heterocycles. The third-order valence-electron chi connectivity index (χ3n) is 3.40. The van der Waals surface area contributed by atoms with Gasteiger partial charge in [-0.2, -0.15) is 5.10 Å². The van der Waals surface area contributed by atoms with Crippen LogP contribution in [0.3, 0.4) is 0 Å². The second-order valence-corrected chi connectivity index (χ2v) is 6.12. The third kappa shape index (κ3) is 2.99. The summed E-state index contributed by atoms with van der Waals surface area (Å²) in [6.45, 7) is 11.9. The molecule has 1 fully saturated rings. The molecule has 1 N–H and O–H groups in total. The van der Waals surface area contributed by atoms with Crippen LogP contribution in [0.4, 0.5) is 5.82 Å². The lowest BCUT2D eigenvalue weighted by molar-refractivity contribution is 0.376. The Balaban J connectivity index is 2.13. The van der Waals surface area contributed by atoms with Crippen LogP contribution in [0.15, 0.2) is 12.1 Å². The minimum Gasteiger partial charge on any atom is -0.347 e. The number of hydrogen-bond donors (Lipinski definition) is 1. The van der Waals surface area contributed by atoms with Gasteiger partial charge in [-0.15, -0.1) is 5.10 Å². The second kappa shape index (κ2) is 5.22. The first-order valence-corrected chi connectivity index (χ1v) is 6.80. The van der Waals surface area contributed by atoms with Crippen LogP contribution in [0.1, 0.15) is 33.4 Å². The summed E-state index contributed by atoms with van der Waals surface area (Å²) in [7, 11) is 0. The lowest BCUT2D eigenvalue weighted by Crippen LogP contribution is -2.58. The Morgan fingerprint density at radius 3 is 2.67 bits per heavy atom. The summed E-state index contributed by atoms with van der Waals surface area (Å²) in [5.41, 5.74) is 1.19. The molecule has 4 nitrogen and oxygen atoms in total. The van der Waals surface area contributed by atoms with E-state index in [0.29, 0.717) is 5.92 Å². The van der Waals surface area contributed by atoms with E-state index in [1.54, 1.807) is 0 Å². The fourth-order valence-electron chi connectivity index (χ4n) is 2.43. The molecule has 18 heavy (non-hydrogen) atoms. The Labute approximate surface area is 110 Å². The van der Waals surface area contributed by atoms with E-state index in [2.05, 4.69) is 60.2 Å². The van der Waals surface area contributed by atoms with Crippen molar-refractivity contribution in [3.05, 3.63) is 17.8 Å². The van der Waals surface area contributed by atoms with Crippen molar-refractivity contribution in [2.45, 2.75) is 39.7 Å². The van der Waals surface area contributed by atoms with Gasteiger partial charge >= 0.3 is 0 Å². The highest BCUT2D eigenvalue weighted by molar-refractivity contribution is 5.41. The maximum absolute atomic E-state index is 4.40. The summed E-state index contributed by atoms with van der Waals surface area (Å²) in [4.78, 5) is 2.34. The van der Waals surface area contributed by atoms with E-state index in [0.717, 1.165) is 37.6 Å². The Morgan fingerprint density at radius 2 is 2.11 bits per heavy atom. The van der Waals surface area contributed by atoms with E-state index < -0.39 is 0 Å². The highest BCUT2D eigenvalue weighted by Gasteiger charge is 2.30. The van der Waals surface area contributed by atoms with E-state index in [1.807, 2.05) is 0 Å². The van der Waals surface area contributed by atoms with Crippen LogP contribution >= 0.6 is 0 Å². The first-order chi connectivity index (χ1) is 8.49. The van der Waals surface area contributed by atoms with Gasteiger partial charge in [0.25, 0.3) is 0 Å². The molecule has 0 spiro atoms. The molecule has 0 radical (unpaired) electrons. The molecule has 0 atom stereocenters. The second-order valence-electron chi connectivity index (χ2n) is 6.12. The topological polar surface area (TPSA) is 41.0 Å². The summed E-state index contributed by atoms with van der Waals surface area (Å²) in [5.74, 6) is 1.62. The van der Waals surface area contributed by atoms with Crippen molar-refractivity contribution < 1.29 is 0 Å². The van der Waals surface area contributed by atoms with Crippen molar-refractivity contribution in [1.82, 2.24) is 15.5 Å². The predicted molar refractivity (Wildman–Crippen MR) is 74.9 cm³/mol. The average molecular weight is 248 g/mol. The number of nitrogens with zero attached hydrogens (tertiary/aromatic N) is 3. The monoisotopic (exact) mass is 248 g/mol. The van der Waals surface area contributed by atoms with Crippen LogP contribution in [-0.2, 0) is 6.42 Å². The fraction of sp³-hybridized carbons (Fsp3) is 0.714. The minimum atomic E-state index is 0.104. The summed E-state index contributed by atoms with van der Waals surface area (Å²) in [5, 5.41) is 12.2. The highest BCUT2D eigenvalue weighted by Crippen LogP contribution is 2.23. The van der Waals surface area contributed by atoms with Crippen molar-refractivity contribution in [1.29, 1.82) is 0 Å². The quantitative estimate of drug-likeness (QED) is 0.886. The van der Waals surface area contributed by atoms with Crippen LogP contribution in [0, 0.1) is 5.92 Å². The average Bonchev–Trinajstić information content (AvgIpc) is 2.29. The number of piperazine rings is 1.